The van der Waals surface area contributed by atoms with Crippen LogP contribution in [0.2, 0.25) is 0 Å². The summed E-state index contributed by atoms with van der Waals surface area (Å²) < 4.78 is 4.92. The van der Waals surface area contributed by atoms with Gasteiger partial charge in [-0.1, -0.05) is 117 Å². The van der Waals surface area contributed by atoms with Gasteiger partial charge in [0, 0.05) is 24.8 Å². The van der Waals surface area contributed by atoms with E-state index in [1.165, 1.54) is 89.9 Å². The Morgan fingerprint density at radius 1 is 0.432 bits per heavy atom. The number of carboxylic acids is 2. The summed E-state index contributed by atoms with van der Waals surface area (Å²) in [7, 11) is 0. The van der Waals surface area contributed by atoms with Gasteiger partial charge in [0.2, 0.25) is 0 Å². The zero-order chi connectivity index (χ0) is 26.6. The van der Waals surface area contributed by atoms with Gasteiger partial charge < -0.3 is 24.5 Å². The second-order valence-corrected chi connectivity index (χ2v) is 9.25. The molecule has 0 bridgehead atoms. The van der Waals surface area contributed by atoms with Crippen LogP contribution in [0.4, 0.5) is 0 Å². The zero-order valence-corrected chi connectivity index (χ0v) is 28.4. The monoisotopic (exact) mass is 544 g/mol. The third-order valence-electron chi connectivity index (χ3n) is 5.73. The smallest absolute Gasteiger partial charge is 0.550 e. The Labute approximate surface area is 270 Å². The largest absolute Gasteiger partial charge is 1.00 e. The van der Waals surface area contributed by atoms with Gasteiger partial charge in [0.25, 0.3) is 0 Å². The molecule has 0 aliphatic carbocycles. The van der Waals surface area contributed by atoms with Gasteiger partial charge in [0.1, 0.15) is 0 Å². The van der Waals surface area contributed by atoms with Gasteiger partial charge in [-0.05, 0) is 25.7 Å². The molecule has 0 saturated heterocycles. The van der Waals surface area contributed by atoms with Crippen LogP contribution in [-0.2, 0) is 23.9 Å². The minimum atomic E-state index is -1.37. The predicted molar refractivity (Wildman–Crippen MR) is 134 cm³/mol. The minimum absolute atomic E-state index is 0. The summed E-state index contributed by atoms with van der Waals surface area (Å²) in [6, 6.07) is 0. The molecule has 0 fully saturated rings. The molecule has 0 N–H and O–H groups in total. The van der Waals surface area contributed by atoms with Crippen LogP contribution in [0, 0.1) is 0 Å². The molecule has 0 aliphatic heterocycles. The van der Waals surface area contributed by atoms with E-state index in [2.05, 4.69) is 13.8 Å². The van der Waals surface area contributed by atoms with Crippen LogP contribution in [0.1, 0.15) is 155 Å². The third-order valence-corrected chi connectivity index (χ3v) is 5.73. The molecule has 0 atom stereocenters. The van der Waals surface area contributed by atoms with E-state index in [4.69, 9.17) is 4.74 Å². The first-order valence-corrected chi connectivity index (χ1v) is 14.0. The summed E-state index contributed by atoms with van der Waals surface area (Å²) in [5.74, 6) is -3.40. The summed E-state index contributed by atoms with van der Waals surface area (Å²) >= 11 is 0. The van der Waals surface area contributed by atoms with Gasteiger partial charge in [0.15, 0.2) is 0 Å². The van der Waals surface area contributed by atoms with Crippen molar-refractivity contribution in [3.8, 4) is 0 Å². The molecular formula is C28H50Na2O7. The number of carboxylic acid groups (broad SMARTS) is 2. The van der Waals surface area contributed by atoms with E-state index < -0.39 is 24.8 Å². The van der Waals surface area contributed by atoms with Crippen molar-refractivity contribution in [1.82, 2.24) is 0 Å². The zero-order valence-electron chi connectivity index (χ0n) is 24.4. The van der Waals surface area contributed by atoms with E-state index >= 15 is 0 Å². The number of ether oxygens (including phenoxy) is 1. The molecule has 0 rings (SSSR count). The normalized spacial score (nSPS) is 9.78. The van der Waals surface area contributed by atoms with Gasteiger partial charge in [0.05, 0.1) is 0 Å². The van der Waals surface area contributed by atoms with E-state index in [1.807, 2.05) is 0 Å². The number of carbonyl (C=O) groups excluding carboxylic acids is 4. The molecule has 0 amide bonds. The standard InChI is InChI=1S/C24H46O3.C4H6O4.2Na/c1-3-5-7-9-11-13-15-17-19-21-23(25)27-24(26)22-20-18-16-14-12-10-8-6-4-2;5-3(6)1-2-4(7)8;;/h3-22H2,1-2H3;1-2H2,(H,5,6)(H,7,8);;/q;;2*+1/p-2. The van der Waals surface area contributed by atoms with Crippen LogP contribution >= 0.6 is 0 Å². The maximum atomic E-state index is 11.7. The number of carbonyl (C=O) groups is 4. The third kappa shape index (κ3) is 43.4. The molecule has 206 valence electrons. The van der Waals surface area contributed by atoms with Crippen molar-refractivity contribution >= 4 is 23.9 Å². The van der Waals surface area contributed by atoms with Crippen LogP contribution in [0.3, 0.4) is 0 Å². The van der Waals surface area contributed by atoms with Gasteiger partial charge in [-0.3, -0.25) is 9.59 Å². The second kappa shape index (κ2) is 36.1. The molecule has 0 spiro atoms. The van der Waals surface area contributed by atoms with Crippen molar-refractivity contribution in [1.29, 1.82) is 0 Å². The average Bonchev–Trinajstić information content (AvgIpc) is 2.81. The first-order valence-electron chi connectivity index (χ1n) is 14.0. The fraction of sp³-hybridized carbons (Fsp3) is 0.857. The minimum Gasteiger partial charge on any atom is -0.550 e. The van der Waals surface area contributed by atoms with E-state index in [0.717, 1.165) is 25.7 Å². The Kier molecular flexibility index (Phi) is 43.0. The quantitative estimate of drug-likeness (QED) is 0.0712. The second-order valence-electron chi connectivity index (χ2n) is 9.25. The van der Waals surface area contributed by atoms with Gasteiger partial charge in [-0.25, -0.2) is 0 Å². The van der Waals surface area contributed by atoms with Crippen LogP contribution in [0.15, 0.2) is 0 Å². The maximum absolute atomic E-state index is 11.7. The fourth-order valence-corrected chi connectivity index (χ4v) is 3.59. The number of aliphatic carboxylic acids is 2. The Balaban J connectivity index is -0.000000469. The number of rotatable bonds is 23. The van der Waals surface area contributed by atoms with Crippen LogP contribution in [-0.4, -0.2) is 23.9 Å². The van der Waals surface area contributed by atoms with Crippen LogP contribution in [0.5, 0.6) is 0 Å². The summed E-state index contributed by atoms with van der Waals surface area (Å²) in [5, 5.41) is 19.0. The molecule has 0 aromatic rings. The van der Waals surface area contributed by atoms with Crippen molar-refractivity contribution in [3.63, 3.8) is 0 Å². The molecule has 0 aromatic carbocycles. The van der Waals surface area contributed by atoms with Crippen LogP contribution in [0.25, 0.3) is 0 Å². The topological polar surface area (TPSA) is 124 Å². The van der Waals surface area contributed by atoms with Crippen molar-refractivity contribution in [3.05, 3.63) is 0 Å². The van der Waals surface area contributed by atoms with Crippen molar-refractivity contribution in [2.45, 2.75) is 155 Å². The Hall–Kier alpha value is 0.0800. The first kappa shape index (κ1) is 44.1. The molecule has 0 aliphatic rings. The van der Waals surface area contributed by atoms with Gasteiger partial charge in [-0.15, -0.1) is 0 Å². The Bertz CT molecular complexity index is 497. The number of hydrogen-bond acceptors (Lipinski definition) is 7. The predicted octanol–water partition coefficient (Wildman–Crippen LogP) is -0.828. The average molecular weight is 545 g/mol. The van der Waals surface area contributed by atoms with Crippen molar-refractivity contribution in [2.24, 2.45) is 0 Å². The molecule has 0 aromatic heterocycles. The van der Waals surface area contributed by atoms with Gasteiger partial charge in [-0.2, -0.15) is 0 Å². The molecule has 0 radical (unpaired) electrons. The Morgan fingerprint density at radius 3 is 0.919 bits per heavy atom. The van der Waals surface area contributed by atoms with Gasteiger partial charge >= 0.3 is 71.1 Å². The van der Waals surface area contributed by atoms with Crippen molar-refractivity contribution in [2.75, 3.05) is 0 Å². The van der Waals surface area contributed by atoms with Crippen molar-refractivity contribution < 1.29 is 93.2 Å². The Morgan fingerprint density at radius 2 is 0.676 bits per heavy atom. The summed E-state index contributed by atoms with van der Waals surface area (Å²) in [6.45, 7) is 4.47. The van der Waals surface area contributed by atoms with E-state index in [1.54, 1.807) is 0 Å². The fourth-order valence-electron chi connectivity index (χ4n) is 3.59. The summed E-state index contributed by atoms with van der Waals surface area (Å²) in [6.07, 6.45) is 21.8. The van der Waals surface area contributed by atoms with E-state index in [9.17, 15) is 29.4 Å². The maximum Gasteiger partial charge on any atom is 1.00 e. The molecule has 0 heterocycles. The first-order chi connectivity index (χ1) is 16.8. The molecule has 7 nitrogen and oxygen atoms in total. The molecule has 9 heteroatoms. The molecule has 37 heavy (non-hydrogen) atoms. The number of unbranched alkanes of at least 4 members (excludes halogenated alkanes) is 16. The van der Waals surface area contributed by atoms with E-state index in [0.29, 0.717) is 12.8 Å². The summed E-state index contributed by atoms with van der Waals surface area (Å²) in [4.78, 5) is 42.4. The summed E-state index contributed by atoms with van der Waals surface area (Å²) in [5.41, 5.74) is 0. The molecule has 0 unspecified atom stereocenters. The molecule has 0 saturated carbocycles. The number of hydrogen-bond donors (Lipinski definition) is 0. The van der Waals surface area contributed by atoms with E-state index in [-0.39, 0.29) is 71.1 Å². The SMILES string of the molecule is CCCCCCCCCCCC(=O)OC(=O)CCCCCCCCCCC.O=C([O-])CCC(=O)[O-].[Na+].[Na+]. The number of esters is 2. The molecular weight excluding hydrogens is 494 g/mol. The van der Waals surface area contributed by atoms with Crippen LogP contribution < -0.4 is 69.3 Å².